The Kier molecular flexibility index (Phi) is 5.07. The van der Waals surface area contributed by atoms with Crippen molar-refractivity contribution in [2.24, 2.45) is 5.92 Å². The van der Waals surface area contributed by atoms with Gasteiger partial charge in [-0.2, -0.15) is 0 Å². The molecule has 0 heterocycles. The summed E-state index contributed by atoms with van der Waals surface area (Å²) in [5, 5.41) is 9.12. The van der Waals surface area contributed by atoms with Crippen LogP contribution in [0.4, 0.5) is 0 Å². The highest BCUT2D eigenvalue weighted by Gasteiger charge is 2.20. The van der Waals surface area contributed by atoms with Gasteiger partial charge in [-0.15, -0.1) is 0 Å². The summed E-state index contributed by atoms with van der Waals surface area (Å²) in [5.74, 6) is 0.404. The van der Waals surface area contributed by atoms with Gasteiger partial charge < -0.3 is 9.84 Å². The van der Waals surface area contributed by atoms with E-state index in [1.54, 1.807) is 6.07 Å². The lowest BCUT2D eigenvalue weighted by atomic mass is 9.89. The van der Waals surface area contributed by atoms with Gasteiger partial charge in [0, 0.05) is 6.08 Å². The van der Waals surface area contributed by atoms with Crippen LogP contribution in [0.2, 0.25) is 5.02 Å². The van der Waals surface area contributed by atoms with Crippen LogP contribution < -0.4 is 4.74 Å². The summed E-state index contributed by atoms with van der Waals surface area (Å²) < 4.78 is 5.96. The summed E-state index contributed by atoms with van der Waals surface area (Å²) in [5.41, 5.74) is 0.752. The second-order valence-electron chi connectivity index (χ2n) is 5.37. The van der Waals surface area contributed by atoms with Crippen molar-refractivity contribution >= 4 is 23.6 Å². The number of ether oxygens (including phenoxy) is 1. The predicted octanol–water partition coefficient (Wildman–Crippen LogP) is 4.40. The van der Waals surface area contributed by atoms with Crippen molar-refractivity contribution in [2.45, 2.75) is 38.7 Å². The first kappa shape index (κ1) is 14.9. The molecule has 108 valence electrons. The summed E-state index contributed by atoms with van der Waals surface area (Å²) in [4.78, 5) is 10.5. The molecule has 1 aliphatic carbocycles. The number of halogens is 1. The van der Waals surface area contributed by atoms with Crippen LogP contribution in [0.15, 0.2) is 24.3 Å². The molecule has 1 fully saturated rings. The Balaban J connectivity index is 2.04. The molecule has 1 aromatic rings. The Labute approximate surface area is 124 Å². The number of carbonyl (C=O) groups is 1. The van der Waals surface area contributed by atoms with Crippen LogP contribution in [0.3, 0.4) is 0 Å². The van der Waals surface area contributed by atoms with E-state index in [4.69, 9.17) is 21.4 Å². The predicted molar refractivity (Wildman–Crippen MR) is 80.2 cm³/mol. The van der Waals surface area contributed by atoms with Gasteiger partial charge in [-0.05, 0) is 49.0 Å². The molecule has 3 nitrogen and oxygen atoms in total. The van der Waals surface area contributed by atoms with E-state index in [1.807, 2.05) is 12.1 Å². The second-order valence-corrected chi connectivity index (χ2v) is 5.78. The molecule has 0 aromatic heterocycles. The Hall–Kier alpha value is -1.48. The molecule has 1 N–H and O–H groups in total. The molecule has 20 heavy (non-hydrogen) atoms. The number of rotatable bonds is 4. The molecule has 1 aromatic carbocycles. The third-order valence-corrected chi connectivity index (χ3v) is 3.85. The molecule has 0 amide bonds. The Morgan fingerprint density at radius 3 is 2.90 bits per heavy atom. The fraction of sp³-hybridized carbons (Fsp3) is 0.438. The topological polar surface area (TPSA) is 46.5 Å². The van der Waals surface area contributed by atoms with Crippen molar-refractivity contribution in [3.05, 3.63) is 34.9 Å². The monoisotopic (exact) mass is 294 g/mol. The first-order valence-electron chi connectivity index (χ1n) is 6.92. The SMILES string of the molecule is CC1CCCC(Oc2ccc(C=CC(=O)O)cc2Cl)C1. The van der Waals surface area contributed by atoms with E-state index in [0.29, 0.717) is 16.7 Å². The van der Waals surface area contributed by atoms with E-state index in [0.717, 1.165) is 24.5 Å². The molecule has 1 saturated carbocycles. The third kappa shape index (κ3) is 4.27. The van der Waals surface area contributed by atoms with Gasteiger partial charge >= 0.3 is 5.97 Å². The van der Waals surface area contributed by atoms with Gasteiger partial charge in [0.25, 0.3) is 0 Å². The highest BCUT2D eigenvalue weighted by atomic mass is 35.5. The summed E-state index contributed by atoms with van der Waals surface area (Å²) in [7, 11) is 0. The lowest BCUT2D eigenvalue weighted by molar-refractivity contribution is -0.131. The van der Waals surface area contributed by atoms with Gasteiger partial charge in [-0.3, -0.25) is 0 Å². The third-order valence-electron chi connectivity index (χ3n) is 3.56. The second kappa shape index (κ2) is 6.80. The summed E-state index contributed by atoms with van der Waals surface area (Å²) in [6, 6.07) is 5.35. The number of benzene rings is 1. The van der Waals surface area contributed by atoms with Crippen LogP contribution in [0.1, 0.15) is 38.2 Å². The van der Waals surface area contributed by atoms with Crippen molar-refractivity contribution in [1.29, 1.82) is 0 Å². The minimum absolute atomic E-state index is 0.233. The maximum Gasteiger partial charge on any atom is 0.328 e. The van der Waals surface area contributed by atoms with Gasteiger partial charge in [-0.1, -0.05) is 31.0 Å². The summed E-state index contributed by atoms with van der Waals surface area (Å²) >= 11 is 6.19. The van der Waals surface area contributed by atoms with Crippen molar-refractivity contribution < 1.29 is 14.6 Å². The maximum atomic E-state index is 10.5. The maximum absolute atomic E-state index is 10.5. The van der Waals surface area contributed by atoms with Gasteiger partial charge in [0.15, 0.2) is 0 Å². The molecule has 0 aliphatic heterocycles. The average Bonchev–Trinajstić information content (AvgIpc) is 2.39. The first-order chi connectivity index (χ1) is 9.54. The largest absolute Gasteiger partial charge is 0.489 e. The van der Waals surface area contributed by atoms with Gasteiger partial charge in [0.05, 0.1) is 11.1 Å². The summed E-state index contributed by atoms with van der Waals surface area (Å²) in [6.45, 7) is 2.25. The first-order valence-corrected chi connectivity index (χ1v) is 7.29. The van der Waals surface area contributed by atoms with E-state index < -0.39 is 5.97 Å². The minimum atomic E-state index is -0.974. The Bertz CT molecular complexity index is 510. The standard InChI is InChI=1S/C16H19ClO3/c1-11-3-2-4-13(9-11)20-15-7-5-12(10-14(15)17)6-8-16(18)19/h5-8,10-11,13H,2-4,9H2,1H3,(H,18,19). The molecule has 2 rings (SSSR count). The van der Waals surface area contributed by atoms with E-state index in [2.05, 4.69) is 6.92 Å². The van der Waals surface area contributed by atoms with Crippen molar-refractivity contribution in [3.63, 3.8) is 0 Å². The van der Waals surface area contributed by atoms with Crippen molar-refractivity contribution in [3.8, 4) is 5.75 Å². The molecule has 2 atom stereocenters. The highest BCUT2D eigenvalue weighted by molar-refractivity contribution is 6.32. The molecule has 2 unspecified atom stereocenters. The fourth-order valence-electron chi connectivity index (χ4n) is 2.55. The van der Waals surface area contributed by atoms with Crippen LogP contribution in [0, 0.1) is 5.92 Å². The lowest BCUT2D eigenvalue weighted by Crippen LogP contribution is -2.24. The van der Waals surface area contributed by atoms with Crippen LogP contribution in [-0.4, -0.2) is 17.2 Å². The molecular formula is C16H19ClO3. The highest BCUT2D eigenvalue weighted by Crippen LogP contribution is 2.31. The lowest BCUT2D eigenvalue weighted by Gasteiger charge is -2.27. The molecule has 0 saturated heterocycles. The molecule has 4 heteroatoms. The molecular weight excluding hydrogens is 276 g/mol. The zero-order chi connectivity index (χ0) is 14.5. The average molecular weight is 295 g/mol. The van der Waals surface area contributed by atoms with Gasteiger partial charge in [-0.25, -0.2) is 4.79 Å². The summed E-state index contributed by atoms with van der Waals surface area (Å²) in [6.07, 6.45) is 7.44. The molecule has 0 spiro atoms. The van der Waals surface area contributed by atoms with Gasteiger partial charge in [0.1, 0.15) is 5.75 Å². The number of carboxylic acids is 1. The quantitative estimate of drug-likeness (QED) is 0.838. The van der Waals surface area contributed by atoms with E-state index in [-0.39, 0.29) is 6.10 Å². The molecule has 0 bridgehead atoms. The number of hydrogen-bond acceptors (Lipinski definition) is 2. The number of carboxylic acid groups (broad SMARTS) is 1. The zero-order valence-electron chi connectivity index (χ0n) is 11.5. The van der Waals surface area contributed by atoms with Crippen molar-refractivity contribution in [1.82, 2.24) is 0 Å². The van der Waals surface area contributed by atoms with Crippen LogP contribution in [-0.2, 0) is 4.79 Å². The van der Waals surface area contributed by atoms with Crippen LogP contribution >= 0.6 is 11.6 Å². The van der Waals surface area contributed by atoms with Crippen LogP contribution in [0.25, 0.3) is 6.08 Å². The Morgan fingerprint density at radius 1 is 1.45 bits per heavy atom. The van der Waals surface area contributed by atoms with E-state index >= 15 is 0 Å². The smallest absolute Gasteiger partial charge is 0.328 e. The minimum Gasteiger partial charge on any atom is -0.489 e. The number of aliphatic carboxylic acids is 1. The molecule has 1 aliphatic rings. The van der Waals surface area contributed by atoms with Gasteiger partial charge in [0.2, 0.25) is 0 Å². The Morgan fingerprint density at radius 2 is 2.25 bits per heavy atom. The number of hydrogen-bond donors (Lipinski definition) is 1. The zero-order valence-corrected chi connectivity index (χ0v) is 12.3. The van der Waals surface area contributed by atoms with E-state index in [9.17, 15) is 4.79 Å². The van der Waals surface area contributed by atoms with E-state index in [1.165, 1.54) is 18.9 Å². The van der Waals surface area contributed by atoms with Crippen molar-refractivity contribution in [2.75, 3.05) is 0 Å². The fourth-order valence-corrected chi connectivity index (χ4v) is 2.78. The normalized spacial score (nSPS) is 22.9. The molecule has 0 radical (unpaired) electrons. The van der Waals surface area contributed by atoms with Crippen LogP contribution in [0.5, 0.6) is 5.75 Å².